The van der Waals surface area contributed by atoms with E-state index < -0.39 is 12.0 Å². The Labute approximate surface area is 150 Å². The van der Waals surface area contributed by atoms with Crippen LogP contribution < -0.4 is 11.1 Å². The van der Waals surface area contributed by atoms with Gasteiger partial charge >= 0.3 is 5.97 Å². The van der Waals surface area contributed by atoms with Crippen molar-refractivity contribution in [3.63, 3.8) is 0 Å². The number of benzene rings is 3. The molecule has 0 aliphatic carbocycles. The van der Waals surface area contributed by atoms with Gasteiger partial charge in [0.25, 0.3) is 0 Å². The van der Waals surface area contributed by atoms with Gasteiger partial charge in [-0.15, -0.1) is 0 Å². The van der Waals surface area contributed by atoms with Crippen LogP contribution in [-0.4, -0.2) is 22.1 Å². The highest BCUT2D eigenvalue weighted by atomic mass is 16.4. The Kier molecular flexibility index (Phi) is 4.07. The Morgan fingerprint density at radius 3 is 2.58 bits per heavy atom. The highest BCUT2D eigenvalue weighted by Gasteiger charge is 2.19. The standard InChI is InChI=1S/C21H19N3O2/c22-18(21(25)26)12-17-16-7-3-4-8-19(16)24-20(17)23-15-10-9-13-5-1-2-6-14(13)11-15/h1-11,18,23-24H,12,22H2,(H,25,26)/t18-/m0/s1. The predicted molar refractivity (Wildman–Crippen MR) is 105 cm³/mol. The first-order chi connectivity index (χ1) is 12.6. The molecule has 0 saturated carbocycles. The molecule has 4 rings (SSSR count). The molecule has 0 unspecified atom stereocenters. The number of anilines is 2. The van der Waals surface area contributed by atoms with E-state index in [1.54, 1.807) is 0 Å². The fourth-order valence-corrected chi connectivity index (χ4v) is 3.24. The summed E-state index contributed by atoms with van der Waals surface area (Å²) in [7, 11) is 0. The van der Waals surface area contributed by atoms with Gasteiger partial charge in [0.15, 0.2) is 0 Å². The molecule has 1 heterocycles. The molecule has 0 bridgehead atoms. The molecular formula is C21H19N3O2. The van der Waals surface area contributed by atoms with E-state index >= 15 is 0 Å². The SMILES string of the molecule is N[C@@H](Cc1c(Nc2ccc3ccccc3c2)[nH]c2ccccc12)C(=O)O. The van der Waals surface area contributed by atoms with Crippen LogP contribution >= 0.6 is 0 Å². The fourth-order valence-electron chi connectivity index (χ4n) is 3.24. The number of carboxylic acids is 1. The molecule has 5 nitrogen and oxygen atoms in total. The van der Waals surface area contributed by atoms with E-state index in [4.69, 9.17) is 5.73 Å². The number of aromatic nitrogens is 1. The lowest BCUT2D eigenvalue weighted by Gasteiger charge is -2.11. The number of rotatable bonds is 5. The molecule has 0 aliphatic rings. The van der Waals surface area contributed by atoms with Crippen LogP contribution in [0.2, 0.25) is 0 Å². The van der Waals surface area contributed by atoms with E-state index in [1.165, 1.54) is 5.39 Å². The van der Waals surface area contributed by atoms with Gasteiger partial charge in [-0.05, 0) is 29.0 Å². The number of carbonyl (C=O) groups is 1. The second kappa shape index (κ2) is 6.54. The summed E-state index contributed by atoms with van der Waals surface area (Å²) in [5.41, 5.74) is 8.55. The molecule has 1 atom stereocenters. The summed E-state index contributed by atoms with van der Waals surface area (Å²) in [6, 6.07) is 21.2. The van der Waals surface area contributed by atoms with E-state index in [2.05, 4.69) is 34.6 Å². The largest absolute Gasteiger partial charge is 0.480 e. The summed E-state index contributed by atoms with van der Waals surface area (Å²) in [4.78, 5) is 14.6. The Morgan fingerprint density at radius 2 is 1.77 bits per heavy atom. The van der Waals surface area contributed by atoms with Gasteiger partial charge in [-0.3, -0.25) is 4.79 Å². The molecular weight excluding hydrogens is 326 g/mol. The number of nitrogens with two attached hydrogens (primary N) is 1. The fraction of sp³-hybridized carbons (Fsp3) is 0.0952. The van der Waals surface area contributed by atoms with Crippen LogP contribution in [0.4, 0.5) is 11.5 Å². The summed E-state index contributed by atoms with van der Waals surface area (Å²) in [5, 5.41) is 15.9. The highest BCUT2D eigenvalue weighted by molar-refractivity contribution is 5.92. The van der Waals surface area contributed by atoms with Crippen LogP contribution in [0.1, 0.15) is 5.56 Å². The van der Waals surface area contributed by atoms with E-state index in [9.17, 15) is 9.90 Å². The first kappa shape index (κ1) is 16.2. The van der Waals surface area contributed by atoms with Crippen molar-refractivity contribution in [2.45, 2.75) is 12.5 Å². The summed E-state index contributed by atoms with van der Waals surface area (Å²) in [6.45, 7) is 0. The first-order valence-corrected chi connectivity index (χ1v) is 8.45. The average molecular weight is 345 g/mol. The number of hydrogen-bond donors (Lipinski definition) is 4. The lowest BCUT2D eigenvalue weighted by molar-refractivity contribution is -0.138. The minimum atomic E-state index is -1.01. The van der Waals surface area contributed by atoms with E-state index in [0.717, 1.165) is 33.4 Å². The second-order valence-corrected chi connectivity index (χ2v) is 6.36. The van der Waals surface area contributed by atoms with Crippen LogP contribution in [0.3, 0.4) is 0 Å². The van der Waals surface area contributed by atoms with Crippen molar-refractivity contribution in [3.05, 3.63) is 72.3 Å². The summed E-state index contributed by atoms with van der Waals surface area (Å²) >= 11 is 0. The number of aliphatic carboxylic acids is 1. The third-order valence-corrected chi connectivity index (χ3v) is 4.57. The molecule has 0 radical (unpaired) electrons. The molecule has 0 spiro atoms. The molecule has 130 valence electrons. The van der Waals surface area contributed by atoms with Gasteiger partial charge in [-0.2, -0.15) is 0 Å². The van der Waals surface area contributed by atoms with Crippen molar-refractivity contribution in [2.75, 3.05) is 5.32 Å². The normalized spacial score (nSPS) is 12.3. The van der Waals surface area contributed by atoms with Gasteiger partial charge < -0.3 is 21.1 Å². The number of nitrogens with one attached hydrogen (secondary N) is 2. The predicted octanol–water partition coefficient (Wildman–Crippen LogP) is 4.02. The van der Waals surface area contributed by atoms with Crippen LogP contribution in [0.15, 0.2) is 66.7 Å². The average Bonchev–Trinajstić information content (AvgIpc) is 2.99. The van der Waals surface area contributed by atoms with Gasteiger partial charge in [0.05, 0.1) is 0 Å². The molecule has 0 amide bonds. The topological polar surface area (TPSA) is 91.1 Å². The number of H-pyrrole nitrogens is 1. The monoisotopic (exact) mass is 345 g/mol. The number of carboxylic acid groups (broad SMARTS) is 1. The molecule has 1 aromatic heterocycles. The Balaban J connectivity index is 1.75. The molecule has 26 heavy (non-hydrogen) atoms. The zero-order chi connectivity index (χ0) is 18.1. The van der Waals surface area contributed by atoms with Crippen molar-refractivity contribution in [3.8, 4) is 0 Å². The zero-order valence-electron chi connectivity index (χ0n) is 14.1. The van der Waals surface area contributed by atoms with Gasteiger partial charge in [0, 0.05) is 28.6 Å². The first-order valence-electron chi connectivity index (χ1n) is 8.45. The smallest absolute Gasteiger partial charge is 0.320 e. The van der Waals surface area contributed by atoms with Gasteiger partial charge in [-0.1, -0.05) is 48.5 Å². The van der Waals surface area contributed by atoms with Crippen LogP contribution in [0.25, 0.3) is 21.7 Å². The quantitative estimate of drug-likeness (QED) is 0.440. The number of para-hydroxylation sites is 1. The van der Waals surface area contributed by atoms with Crippen LogP contribution in [0, 0.1) is 0 Å². The lowest BCUT2D eigenvalue weighted by Crippen LogP contribution is -2.32. The van der Waals surface area contributed by atoms with Crippen molar-refractivity contribution in [2.24, 2.45) is 5.73 Å². The molecule has 5 N–H and O–H groups in total. The maximum Gasteiger partial charge on any atom is 0.320 e. The summed E-state index contributed by atoms with van der Waals surface area (Å²) in [5.74, 6) is -0.231. The van der Waals surface area contributed by atoms with E-state index in [-0.39, 0.29) is 6.42 Å². The van der Waals surface area contributed by atoms with Crippen molar-refractivity contribution in [1.29, 1.82) is 0 Å². The highest BCUT2D eigenvalue weighted by Crippen LogP contribution is 2.30. The van der Waals surface area contributed by atoms with Crippen LogP contribution in [0.5, 0.6) is 0 Å². The van der Waals surface area contributed by atoms with Gasteiger partial charge in [0.1, 0.15) is 11.9 Å². The van der Waals surface area contributed by atoms with Gasteiger partial charge in [0.2, 0.25) is 0 Å². The minimum absolute atomic E-state index is 0.245. The van der Waals surface area contributed by atoms with Crippen molar-refractivity contribution >= 4 is 39.1 Å². The zero-order valence-corrected chi connectivity index (χ0v) is 14.1. The Bertz CT molecular complexity index is 1100. The Morgan fingerprint density at radius 1 is 1.04 bits per heavy atom. The van der Waals surface area contributed by atoms with E-state index in [0.29, 0.717) is 0 Å². The molecule has 0 fully saturated rings. The molecule has 0 saturated heterocycles. The molecule has 0 aliphatic heterocycles. The molecule has 3 aromatic carbocycles. The van der Waals surface area contributed by atoms with E-state index in [1.807, 2.05) is 42.5 Å². The van der Waals surface area contributed by atoms with Crippen LogP contribution in [-0.2, 0) is 11.2 Å². The lowest BCUT2D eigenvalue weighted by atomic mass is 10.0. The number of hydrogen-bond acceptors (Lipinski definition) is 3. The second-order valence-electron chi connectivity index (χ2n) is 6.36. The number of fused-ring (bicyclic) bond motifs is 2. The maximum absolute atomic E-state index is 11.2. The summed E-state index contributed by atoms with van der Waals surface area (Å²) < 4.78 is 0. The number of aromatic amines is 1. The third kappa shape index (κ3) is 3.00. The van der Waals surface area contributed by atoms with Crippen molar-refractivity contribution in [1.82, 2.24) is 4.98 Å². The van der Waals surface area contributed by atoms with Gasteiger partial charge in [-0.25, -0.2) is 0 Å². The third-order valence-electron chi connectivity index (χ3n) is 4.57. The summed E-state index contributed by atoms with van der Waals surface area (Å²) in [6.07, 6.45) is 0.245. The van der Waals surface area contributed by atoms with Crippen molar-refractivity contribution < 1.29 is 9.90 Å². The maximum atomic E-state index is 11.2. The Hall–Kier alpha value is -3.31. The minimum Gasteiger partial charge on any atom is -0.480 e. The molecule has 5 heteroatoms. The molecule has 4 aromatic rings.